The van der Waals surface area contributed by atoms with Crippen LogP contribution in [-0.4, -0.2) is 19.6 Å². The molecule has 5 rings (SSSR count). The summed E-state index contributed by atoms with van der Waals surface area (Å²) in [5.74, 6) is 3.76. The number of anilines is 2. The molecule has 1 saturated carbocycles. The van der Waals surface area contributed by atoms with Crippen LogP contribution in [0.5, 0.6) is 0 Å². The highest BCUT2D eigenvalue weighted by Gasteiger charge is 2.35. The average molecular weight is 393 g/mol. The zero-order chi connectivity index (χ0) is 20.2. The number of hydrogen-bond donors (Lipinski definition) is 1. The molecule has 0 bridgehead atoms. The maximum absolute atomic E-state index is 14.6. The van der Waals surface area contributed by atoms with Gasteiger partial charge in [0, 0.05) is 16.7 Å². The molecule has 1 N–H and O–H groups in total. The molecule has 0 atom stereocenters. The van der Waals surface area contributed by atoms with Crippen molar-refractivity contribution in [2.45, 2.75) is 19.8 Å². The summed E-state index contributed by atoms with van der Waals surface area (Å²) in [6.45, 7) is 2.06. The summed E-state index contributed by atoms with van der Waals surface area (Å²) >= 11 is 0. The Hall–Kier alpha value is -3.60. The Morgan fingerprint density at radius 3 is 2.76 bits per heavy atom. The van der Waals surface area contributed by atoms with Crippen LogP contribution in [-0.2, 0) is 0 Å². The van der Waals surface area contributed by atoms with E-state index in [1.807, 2.05) is 0 Å². The Kier molecular flexibility index (Phi) is 3.74. The second-order valence-corrected chi connectivity index (χ2v) is 7.38. The molecule has 2 aromatic carbocycles. The standard InChI is InChI=1S/C21H14F3N5/c1-21(6-7-21)5-4-12-8-13(22)10-14(9-12)26-19-17-16(3-2-15(23)18(17)24)29-11-25-28-20(29)27-19/h2-3,8-11H,6-7H2,1H3,(H,26,27,28). The summed E-state index contributed by atoms with van der Waals surface area (Å²) in [6.07, 6.45) is 3.42. The van der Waals surface area contributed by atoms with Gasteiger partial charge in [0.05, 0.1) is 10.9 Å². The van der Waals surface area contributed by atoms with Crippen LogP contribution in [0.25, 0.3) is 16.7 Å². The second kappa shape index (κ2) is 6.21. The van der Waals surface area contributed by atoms with Crippen molar-refractivity contribution in [3.63, 3.8) is 0 Å². The van der Waals surface area contributed by atoms with Gasteiger partial charge < -0.3 is 5.32 Å². The molecular formula is C21H14F3N5. The highest BCUT2D eigenvalue weighted by atomic mass is 19.2. The van der Waals surface area contributed by atoms with Crippen molar-refractivity contribution >= 4 is 28.2 Å². The summed E-state index contributed by atoms with van der Waals surface area (Å²) < 4.78 is 44.1. The van der Waals surface area contributed by atoms with E-state index in [4.69, 9.17) is 0 Å². The minimum absolute atomic E-state index is 0.00294. The predicted octanol–water partition coefficient (Wildman–Crippen LogP) is 4.59. The number of hydrogen-bond acceptors (Lipinski definition) is 4. The van der Waals surface area contributed by atoms with E-state index in [1.165, 1.54) is 28.9 Å². The molecule has 1 aliphatic rings. The van der Waals surface area contributed by atoms with Gasteiger partial charge in [0.1, 0.15) is 18.0 Å². The van der Waals surface area contributed by atoms with E-state index in [0.29, 0.717) is 16.8 Å². The Labute approximate surface area is 163 Å². The van der Waals surface area contributed by atoms with Gasteiger partial charge in [0.2, 0.25) is 0 Å². The lowest BCUT2D eigenvalue weighted by molar-refractivity contribution is 0.517. The van der Waals surface area contributed by atoms with E-state index in [0.717, 1.165) is 18.9 Å². The van der Waals surface area contributed by atoms with Crippen molar-refractivity contribution in [1.29, 1.82) is 0 Å². The maximum Gasteiger partial charge on any atom is 0.257 e. The van der Waals surface area contributed by atoms with Crippen LogP contribution in [0, 0.1) is 34.7 Å². The fourth-order valence-electron chi connectivity index (χ4n) is 3.09. The van der Waals surface area contributed by atoms with E-state index < -0.39 is 17.5 Å². The van der Waals surface area contributed by atoms with Crippen molar-refractivity contribution in [3.05, 3.63) is 59.7 Å². The molecule has 2 aromatic heterocycles. The van der Waals surface area contributed by atoms with Gasteiger partial charge in [-0.05, 0) is 50.1 Å². The summed E-state index contributed by atoms with van der Waals surface area (Å²) in [5.41, 5.74) is 1.13. The van der Waals surface area contributed by atoms with Crippen LogP contribution >= 0.6 is 0 Å². The summed E-state index contributed by atoms with van der Waals surface area (Å²) in [7, 11) is 0. The summed E-state index contributed by atoms with van der Waals surface area (Å²) in [5, 5.41) is 10.4. The first-order valence-corrected chi connectivity index (χ1v) is 9.00. The lowest BCUT2D eigenvalue weighted by Gasteiger charge is -2.12. The Morgan fingerprint density at radius 1 is 1.14 bits per heavy atom. The van der Waals surface area contributed by atoms with Gasteiger partial charge in [0.15, 0.2) is 11.6 Å². The average Bonchev–Trinajstić information content (AvgIpc) is 3.23. The van der Waals surface area contributed by atoms with Gasteiger partial charge in [-0.15, -0.1) is 10.2 Å². The van der Waals surface area contributed by atoms with Crippen molar-refractivity contribution in [1.82, 2.24) is 19.6 Å². The molecule has 0 saturated heterocycles. The number of benzene rings is 2. The third-order valence-corrected chi connectivity index (χ3v) is 4.98. The minimum atomic E-state index is -1.06. The van der Waals surface area contributed by atoms with E-state index in [-0.39, 0.29) is 22.4 Å². The predicted molar refractivity (Wildman–Crippen MR) is 102 cm³/mol. The van der Waals surface area contributed by atoms with Gasteiger partial charge in [-0.3, -0.25) is 4.40 Å². The molecule has 0 amide bonds. The quantitative estimate of drug-likeness (QED) is 0.506. The second-order valence-electron chi connectivity index (χ2n) is 7.38. The molecule has 0 spiro atoms. The third kappa shape index (κ3) is 3.14. The van der Waals surface area contributed by atoms with Crippen LogP contribution < -0.4 is 5.32 Å². The highest BCUT2D eigenvalue weighted by molar-refractivity contribution is 5.93. The van der Waals surface area contributed by atoms with E-state index >= 15 is 0 Å². The molecule has 144 valence electrons. The van der Waals surface area contributed by atoms with Gasteiger partial charge >= 0.3 is 0 Å². The Bertz CT molecular complexity index is 1350. The molecule has 1 aliphatic carbocycles. The number of aromatic nitrogens is 4. The van der Waals surface area contributed by atoms with Gasteiger partial charge in [0.25, 0.3) is 5.78 Å². The van der Waals surface area contributed by atoms with E-state index in [2.05, 4.69) is 39.3 Å². The number of halogens is 3. The third-order valence-electron chi connectivity index (χ3n) is 4.98. The van der Waals surface area contributed by atoms with Crippen LogP contribution in [0.15, 0.2) is 36.7 Å². The number of nitrogens with one attached hydrogen (secondary N) is 1. The Balaban J connectivity index is 1.63. The molecule has 0 aliphatic heterocycles. The monoisotopic (exact) mass is 393 g/mol. The van der Waals surface area contributed by atoms with Gasteiger partial charge in [-0.25, -0.2) is 13.2 Å². The SMILES string of the molecule is CC1(C#Cc2cc(F)cc(Nc3nc4nncn4c4ccc(F)c(F)c34)c2)CC1. The molecule has 29 heavy (non-hydrogen) atoms. The summed E-state index contributed by atoms with van der Waals surface area (Å²) in [4.78, 5) is 4.23. The first kappa shape index (κ1) is 17.5. The Morgan fingerprint density at radius 2 is 1.97 bits per heavy atom. The first-order valence-electron chi connectivity index (χ1n) is 9.00. The maximum atomic E-state index is 14.6. The first-order chi connectivity index (χ1) is 13.9. The van der Waals surface area contributed by atoms with Crippen molar-refractivity contribution < 1.29 is 13.2 Å². The number of rotatable bonds is 2. The highest BCUT2D eigenvalue weighted by Crippen LogP contribution is 2.44. The molecule has 1 fully saturated rings. The molecule has 5 nitrogen and oxygen atoms in total. The van der Waals surface area contributed by atoms with Crippen LogP contribution in [0.1, 0.15) is 25.3 Å². The lowest BCUT2D eigenvalue weighted by atomic mass is 10.1. The molecule has 2 heterocycles. The van der Waals surface area contributed by atoms with Gasteiger partial charge in [-0.2, -0.15) is 4.98 Å². The zero-order valence-electron chi connectivity index (χ0n) is 15.3. The van der Waals surface area contributed by atoms with Crippen molar-refractivity contribution in [2.24, 2.45) is 5.41 Å². The van der Waals surface area contributed by atoms with E-state index in [9.17, 15) is 13.2 Å². The summed E-state index contributed by atoms with van der Waals surface area (Å²) in [6, 6.07) is 6.64. The van der Waals surface area contributed by atoms with Crippen LogP contribution in [0.3, 0.4) is 0 Å². The molecule has 0 unspecified atom stereocenters. The van der Waals surface area contributed by atoms with Crippen LogP contribution in [0.2, 0.25) is 0 Å². The number of nitrogens with zero attached hydrogens (tertiary/aromatic N) is 4. The van der Waals surface area contributed by atoms with E-state index in [1.54, 1.807) is 6.07 Å². The smallest absolute Gasteiger partial charge is 0.257 e. The van der Waals surface area contributed by atoms with Gasteiger partial charge in [-0.1, -0.05) is 11.8 Å². The molecule has 4 aromatic rings. The lowest BCUT2D eigenvalue weighted by Crippen LogP contribution is -2.03. The fraction of sp³-hybridized carbons (Fsp3) is 0.190. The zero-order valence-corrected chi connectivity index (χ0v) is 15.3. The largest absolute Gasteiger partial charge is 0.339 e. The molecule has 0 radical (unpaired) electrons. The minimum Gasteiger partial charge on any atom is -0.339 e. The molecule has 8 heteroatoms. The van der Waals surface area contributed by atoms with Crippen molar-refractivity contribution in [3.8, 4) is 11.8 Å². The number of fused-ring (bicyclic) bond motifs is 3. The van der Waals surface area contributed by atoms with Crippen LogP contribution in [0.4, 0.5) is 24.7 Å². The van der Waals surface area contributed by atoms with Crippen molar-refractivity contribution in [2.75, 3.05) is 5.32 Å². The fourth-order valence-corrected chi connectivity index (χ4v) is 3.09. The topological polar surface area (TPSA) is 55.1 Å². The molecular weight excluding hydrogens is 379 g/mol. The normalized spacial score (nSPS) is 14.6.